The molecular weight excluding hydrogens is 427 g/mol. The average molecular weight is 454 g/mol. The molecule has 1 atom stereocenters. The van der Waals surface area contributed by atoms with E-state index < -0.39 is 23.7 Å². The second-order valence-corrected chi connectivity index (χ2v) is 7.75. The van der Waals surface area contributed by atoms with Crippen LogP contribution in [0.15, 0.2) is 47.1 Å². The Labute approximate surface area is 191 Å². The summed E-state index contributed by atoms with van der Waals surface area (Å²) >= 11 is 0. The third kappa shape index (κ3) is 4.60. The van der Waals surface area contributed by atoms with Crippen LogP contribution in [0, 0.1) is 19.7 Å². The number of carbonyl (C=O) groups excluding carboxylic acids is 3. The lowest BCUT2D eigenvalue weighted by Crippen LogP contribution is -2.43. The lowest BCUT2D eigenvalue weighted by molar-refractivity contribution is 0.0582. The molecule has 2 aromatic heterocycles. The molecule has 0 radical (unpaired) electrons. The number of Topliss-reactive ketones (excluding diaryl/α,β-unsaturated/α-hetero) is 1. The molecule has 3 aromatic rings. The number of hydrogen-bond donors (Lipinski definition) is 0. The molecule has 1 aromatic carbocycles. The zero-order valence-electron chi connectivity index (χ0n) is 19.3. The highest BCUT2D eigenvalue weighted by molar-refractivity contribution is 6.07. The van der Waals surface area contributed by atoms with Crippen LogP contribution in [0.2, 0.25) is 0 Å². The minimum atomic E-state index is -0.886. The summed E-state index contributed by atoms with van der Waals surface area (Å²) in [6.07, 6.45) is 1.38. The van der Waals surface area contributed by atoms with Crippen molar-refractivity contribution >= 4 is 17.7 Å². The highest BCUT2D eigenvalue weighted by Gasteiger charge is 2.34. The Morgan fingerprint density at radius 3 is 2.36 bits per heavy atom. The first-order valence-electron chi connectivity index (χ1n) is 10.6. The van der Waals surface area contributed by atoms with Crippen LogP contribution in [0.5, 0.6) is 0 Å². The summed E-state index contributed by atoms with van der Waals surface area (Å²) in [4.78, 5) is 40.7. The van der Waals surface area contributed by atoms with Gasteiger partial charge < -0.3 is 18.6 Å². The number of esters is 1. The lowest BCUT2D eigenvalue weighted by atomic mass is 9.99. The summed E-state index contributed by atoms with van der Waals surface area (Å²) in [7, 11) is 1.29. The minimum absolute atomic E-state index is 0.0726. The van der Waals surface area contributed by atoms with Gasteiger partial charge in [0.25, 0.3) is 5.91 Å². The Morgan fingerprint density at radius 2 is 1.82 bits per heavy atom. The molecule has 8 heteroatoms. The molecule has 0 aliphatic rings. The minimum Gasteiger partial charge on any atom is -0.464 e. The Bertz CT molecular complexity index is 1160. The van der Waals surface area contributed by atoms with Crippen molar-refractivity contribution in [2.75, 3.05) is 7.11 Å². The van der Waals surface area contributed by atoms with Crippen LogP contribution in [0.25, 0.3) is 0 Å². The molecule has 0 aliphatic heterocycles. The number of nitrogens with zero attached hydrogens (tertiary/aromatic N) is 2. The van der Waals surface area contributed by atoms with E-state index in [9.17, 15) is 18.8 Å². The molecule has 0 saturated heterocycles. The second-order valence-electron chi connectivity index (χ2n) is 7.75. The summed E-state index contributed by atoms with van der Waals surface area (Å²) in [5.74, 6) is -1.62. The van der Waals surface area contributed by atoms with Gasteiger partial charge in [0.05, 0.1) is 19.4 Å². The van der Waals surface area contributed by atoms with Gasteiger partial charge in [0.1, 0.15) is 11.5 Å². The van der Waals surface area contributed by atoms with Crippen molar-refractivity contribution in [2.24, 2.45) is 0 Å². The maximum atomic E-state index is 13.7. The van der Waals surface area contributed by atoms with Crippen molar-refractivity contribution in [2.45, 2.75) is 46.8 Å². The standard InChI is InChI=1S/C25H27FN2O5/c1-6-27-16(3)21(15(2)22(27)25(31)32-5)23(29)17(4)28(24(30)20-8-7-13-33-20)14-18-9-11-19(26)12-10-18/h7-13,17H,6,14H2,1-5H3. The fourth-order valence-corrected chi connectivity index (χ4v) is 4.08. The highest BCUT2D eigenvalue weighted by atomic mass is 19.1. The molecule has 174 valence electrons. The van der Waals surface area contributed by atoms with Crippen LogP contribution in [-0.2, 0) is 17.8 Å². The van der Waals surface area contributed by atoms with Gasteiger partial charge in [-0.05, 0) is 63.1 Å². The number of carbonyl (C=O) groups is 3. The number of ether oxygens (including phenoxy) is 1. The zero-order chi connectivity index (χ0) is 24.3. The van der Waals surface area contributed by atoms with Gasteiger partial charge in [-0.25, -0.2) is 9.18 Å². The van der Waals surface area contributed by atoms with E-state index >= 15 is 0 Å². The maximum absolute atomic E-state index is 13.7. The average Bonchev–Trinajstić information content (AvgIpc) is 3.43. The van der Waals surface area contributed by atoms with Crippen LogP contribution in [0.1, 0.15) is 62.1 Å². The number of hydrogen-bond acceptors (Lipinski definition) is 5. The predicted molar refractivity (Wildman–Crippen MR) is 120 cm³/mol. The van der Waals surface area contributed by atoms with Crippen molar-refractivity contribution in [1.82, 2.24) is 9.47 Å². The molecule has 0 aliphatic carbocycles. The van der Waals surface area contributed by atoms with E-state index in [0.717, 1.165) is 0 Å². The van der Waals surface area contributed by atoms with Gasteiger partial charge in [-0.1, -0.05) is 12.1 Å². The number of methoxy groups -OCH3 is 1. The van der Waals surface area contributed by atoms with Crippen molar-refractivity contribution < 1.29 is 27.9 Å². The number of ketones is 1. The molecule has 1 unspecified atom stereocenters. The Hall–Kier alpha value is -3.68. The van der Waals surface area contributed by atoms with E-state index in [1.807, 2.05) is 6.92 Å². The number of aromatic nitrogens is 1. The highest BCUT2D eigenvalue weighted by Crippen LogP contribution is 2.27. The molecule has 0 fully saturated rings. The monoisotopic (exact) mass is 454 g/mol. The second kappa shape index (κ2) is 9.85. The van der Waals surface area contributed by atoms with Crippen molar-refractivity contribution in [3.05, 3.63) is 82.3 Å². The van der Waals surface area contributed by atoms with Crippen molar-refractivity contribution in [3.8, 4) is 0 Å². The predicted octanol–water partition coefficient (Wildman–Crippen LogP) is 4.56. The molecule has 0 N–H and O–H groups in total. The topological polar surface area (TPSA) is 81.8 Å². The fourth-order valence-electron chi connectivity index (χ4n) is 4.08. The van der Waals surface area contributed by atoms with Gasteiger partial charge in [-0.15, -0.1) is 0 Å². The Kier molecular flexibility index (Phi) is 7.16. The van der Waals surface area contributed by atoms with Gasteiger partial charge in [-0.2, -0.15) is 0 Å². The summed E-state index contributed by atoms with van der Waals surface area (Å²) in [5, 5.41) is 0. The Morgan fingerprint density at radius 1 is 1.15 bits per heavy atom. The molecule has 2 heterocycles. The quantitative estimate of drug-likeness (QED) is 0.368. The van der Waals surface area contributed by atoms with E-state index in [4.69, 9.17) is 9.15 Å². The van der Waals surface area contributed by atoms with Crippen LogP contribution in [0.4, 0.5) is 4.39 Å². The summed E-state index contributed by atoms with van der Waals surface area (Å²) in [6, 6.07) is 7.96. The fraction of sp³-hybridized carbons (Fsp3) is 0.320. The third-order valence-corrected chi connectivity index (χ3v) is 5.81. The number of benzene rings is 1. The number of rotatable bonds is 8. The summed E-state index contributed by atoms with van der Waals surface area (Å²) < 4.78 is 25.3. The Balaban J connectivity index is 2.04. The molecule has 3 rings (SSSR count). The molecule has 0 saturated carbocycles. The van der Waals surface area contributed by atoms with Crippen LogP contribution >= 0.6 is 0 Å². The van der Waals surface area contributed by atoms with Gasteiger partial charge >= 0.3 is 5.97 Å². The van der Waals surface area contributed by atoms with Crippen molar-refractivity contribution in [1.29, 1.82) is 0 Å². The summed E-state index contributed by atoms with van der Waals surface area (Å²) in [6.45, 7) is 7.52. The third-order valence-electron chi connectivity index (χ3n) is 5.81. The van der Waals surface area contributed by atoms with E-state index in [2.05, 4.69) is 0 Å². The van der Waals surface area contributed by atoms with Crippen LogP contribution < -0.4 is 0 Å². The van der Waals surface area contributed by atoms with E-state index in [1.54, 1.807) is 43.5 Å². The van der Waals surface area contributed by atoms with Crippen LogP contribution in [0.3, 0.4) is 0 Å². The van der Waals surface area contributed by atoms with Crippen molar-refractivity contribution in [3.63, 3.8) is 0 Å². The normalized spacial score (nSPS) is 11.8. The van der Waals surface area contributed by atoms with E-state index in [-0.39, 0.29) is 18.1 Å². The number of amides is 1. The van der Waals surface area contributed by atoms with Gasteiger partial charge in [0, 0.05) is 24.3 Å². The number of furan rings is 1. The van der Waals surface area contributed by atoms with E-state index in [1.165, 1.54) is 36.5 Å². The maximum Gasteiger partial charge on any atom is 0.354 e. The zero-order valence-corrected chi connectivity index (χ0v) is 19.3. The number of halogens is 1. The van der Waals surface area contributed by atoms with Gasteiger partial charge in [0.2, 0.25) is 0 Å². The summed E-state index contributed by atoms with van der Waals surface area (Å²) in [5.41, 5.74) is 2.48. The smallest absolute Gasteiger partial charge is 0.354 e. The SMILES string of the molecule is CCn1c(C)c(C(=O)C(C)N(Cc2ccc(F)cc2)C(=O)c2ccco2)c(C)c1C(=O)OC. The first-order valence-corrected chi connectivity index (χ1v) is 10.6. The first-order chi connectivity index (χ1) is 15.7. The first kappa shape index (κ1) is 24.0. The van der Waals surface area contributed by atoms with Gasteiger partial charge in [0.15, 0.2) is 11.5 Å². The molecule has 0 spiro atoms. The van der Waals surface area contributed by atoms with E-state index in [0.29, 0.717) is 34.6 Å². The molecule has 33 heavy (non-hydrogen) atoms. The molecule has 7 nitrogen and oxygen atoms in total. The largest absolute Gasteiger partial charge is 0.464 e. The lowest BCUT2D eigenvalue weighted by Gasteiger charge is -2.28. The molecule has 1 amide bonds. The molecule has 0 bridgehead atoms. The van der Waals surface area contributed by atoms with Crippen LogP contribution in [-0.4, -0.2) is 40.3 Å². The molecular formula is C25H27FN2O5. The van der Waals surface area contributed by atoms with Gasteiger partial charge in [-0.3, -0.25) is 9.59 Å².